The zero-order valence-electron chi connectivity index (χ0n) is 32.0. The van der Waals surface area contributed by atoms with Crippen LogP contribution in [0.2, 0.25) is 13.1 Å². The molecule has 3 heteroatoms. The van der Waals surface area contributed by atoms with Crippen molar-refractivity contribution in [3.8, 4) is 89.5 Å². The van der Waals surface area contributed by atoms with E-state index in [-0.39, 0.29) is 0 Å². The second kappa shape index (κ2) is 14.3. The number of aromatic nitrogens is 2. The molecular formula is C54H40N2Si. The molecule has 1 aliphatic heterocycles. The maximum absolute atomic E-state index is 5.50. The van der Waals surface area contributed by atoms with Crippen molar-refractivity contribution in [2.45, 2.75) is 13.1 Å². The van der Waals surface area contributed by atoms with Crippen LogP contribution in [0, 0.1) is 0 Å². The lowest BCUT2D eigenvalue weighted by molar-refractivity contribution is 1.20. The molecule has 0 fully saturated rings. The lowest BCUT2D eigenvalue weighted by atomic mass is 9.92. The molecule has 2 nitrogen and oxygen atoms in total. The molecule has 2 heterocycles. The van der Waals surface area contributed by atoms with Gasteiger partial charge in [0.1, 0.15) is 8.07 Å². The Kier molecular flexibility index (Phi) is 8.66. The first-order valence-electron chi connectivity index (χ1n) is 19.6. The average molecular weight is 745 g/mol. The van der Waals surface area contributed by atoms with Gasteiger partial charge in [0.25, 0.3) is 0 Å². The monoisotopic (exact) mass is 744 g/mol. The maximum atomic E-state index is 5.50. The van der Waals surface area contributed by atoms with Crippen LogP contribution in [0.25, 0.3) is 89.5 Å². The topological polar surface area (TPSA) is 25.8 Å². The summed E-state index contributed by atoms with van der Waals surface area (Å²) in [5.74, 6) is 0.753. The Balaban J connectivity index is 1.10. The van der Waals surface area contributed by atoms with Crippen molar-refractivity contribution in [3.63, 3.8) is 0 Å². The highest BCUT2D eigenvalue weighted by Crippen LogP contribution is 2.37. The number of rotatable bonds is 7. The number of fused-ring (bicyclic) bond motifs is 3. The van der Waals surface area contributed by atoms with Crippen LogP contribution in [-0.4, -0.2) is 18.0 Å². The van der Waals surface area contributed by atoms with Crippen LogP contribution in [0.1, 0.15) is 0 Å². The molecule has 0 N–H and O–H groups in total. The summed E-state index contributed by atoms with van der Waals surface area (Å²) in [5, 5.41) is 2.73. The first kappa shape index (κ1) is 34.5. The summed E-state index contributed by atoms with van der Waals surface area (Å²) in [6, 6.07) is 74.2. The molecule has 0 aliphatic carbocycles. The zero-order chi connectivity index (χ0) is 38.3. The summed E-state index contributed by atoms with van der Waals surface area (Å²) >= 11 is 0. The van der Waals surface area contributed by atoms with Crippen LogP contribution in [0.5, 0.6) is 0 Å². The van der Waals surface area contributed by atoms with Gasteiger partial charge in [-0.1, -0.05) is 183 Å². The Hall–Kier alpha value is -6.94. The van der Waals surface area contributed by atoms with Gasteiger partial charge in [0.15, 0.2) is 5.82 Å². The Morgan fingerprint density at radius 2 is 0.649 bits per heavy atom. The van der Waals surface area contributed by atoms with Gasteiger partial charge >= 0.3 is 0 Å². The third kappa shape index (κ3) is 6.42. The summed E-state index contributed by atoms with van der Waals surface area (Å²) < 4.78 is 0. The smallest absolute Gasteiger partial charge is 0.160 e. The third-order valence-electron chi connectivity index (χ3n) is 11.4. The fraction of sp³-hybridized carbons (Fsp3) is 0.0370. The van der Waals surface area contributed by atoms with Gasteiger partial charge in [-0.25, -0.2) is 9.97 Å². The Labute approximate surface area is 335 Å². The SMILES string of the molecule is C[Si]1(C)c2ccccc2-c2nc(-c3cccc(-c4ccccc4)c3)nc(-c3cccc(-c4cccc(-c5cc(-c6ccccc6)cc(-c6ccccc6)c5)c4)c3)c21. The van der Waals surface area contributed by atoms with E-state index in [2.05, 4.69) is 219 Å². The molecule has 0 saturated carbocycles. The van der Waals surface area contributed by atoms with E-state index in [0.717, 1.165) is 39.5 Å². The van der Waals surface area contributed by atoms with Gasteiger partial charge < -0.3 is 0 Å². The minimum absolute atomic E-state index is 0.753. The van der Waals surface area contributed by atoms with Crippen molar-refractivity contribution in [2.24, 2.45) is 0 Å². The molecule has 0 atom stereocenters. The predicted octanol–water partition coefficient (Wildman–Crippen LogP) is 12.9. The molecule has 0 radical (unpaired) electrons. The number of benzene rings is 8. The molecule has 0 amide bonds. The molecule has 8 aromatic carbocycles. The standard InChI is InChI=1S/C54H40N2Si/c1-57(2)50-30-13-12-29-49(50)52-53(57)51(55-54(56-52)45-28-16-23-40(33-45)37-17-6-3-7-18-37)44-27-15-25-42(32-44)41-24-14-26-43(31-41)48-35-46(38-19-8-4-9-20-38)34-47(36-48)39-21-10-5-11-22-39/h3-36H,1-2H3. The van der Waals surface area contributed by atoms with Gasteiger partial charge in [-0.3, -0.25) is 0 Å². The molecule has 1 aromatic heterocycles. The van der Waals surface area contributed by atoms with E-state index in [9.17, 15) is 0 Å². The highest BCUT2D eigenvalue weighted by Gasteiger charge is 2.41. The summed E-state index contributed by atoms with van der Waals surface area (Å²) in [7, 11) is -2.14. The van der Waals surface area contributed by atoms with E-state index < -0.39 is 8.07 Å². The lowest BCUT2D eigenvalue weighted by Crippen LogP contribution is -2.50. The Morgan fingerprint density at radius 1 is 0.298 bits per heavy atom. The van der Waals surface area contributed by atoms with Gasteiger partial charge in [0.05, 0.1) is 11.4 Å². The molecule has 1 aliphatic rings. The minimum atomic E-state index is -2.14. The van der Waals surface area contributed by atoms with Gasteiger partial charge in [0.2, 0.25) is 0 Å². The summed E-state index contributed by atoms with van der Waals surface area (Å²) in [5.41, 5.74) is 17.3. The highest BCUT2D eigenvalue weighted by molar-refractivity contribution is 7.04. The molecule has 0 saturated heterocycles. The number of hydrogen-bond donors (Lipinski definition) is 0. The van der Waals surface area contributed by atoms with Crippen LogP contribution in [0.3, 0.4) is 0 Å². The molecule has 57 heavy (non-hydrogen) atoms. The fourth-order valence-corrected chi connectivity index (χ4v) is 11.8. The van der Waals surface area contributed by atoms with Gasteiger partial charge in [-0.2, -0.15) is 0 Å². The molecule has 0 unspecified atom stereocenters. The van der Waals surface area contributed by atoms with Crippen LogP contribution in [-0.2, 0) is 0 Å². The first-order chi connectivity index (χ1) is 28.0. The fourth-order valence-electron chi connectivity index (χ4n) is 8.54. The van der Waals surface area contributed by atoms with Gasteiger partial charge in [-0.05, 0) is 108 Å². The van der Waals surface area contributed by atoms with Crippen molar-refractivity contribution in [3.05, 3.63) is 206 Å². The summed E-state index contributed by atoms with van der Waals surface area (Å²) in [6.45, 7) is 4.89. The highest BCUT2D eigenvalue weighted by atomic mass is 28.3. The van der Waals surface area contributed by atoms with Crippen molar-refractivity contribution in [1.29, 1.82) is 0 Å². The van der Waals surface area contributed by atoms with Crippen LogP contribution in [0.15, 0.2) is 206 Å². The molecule has 270 valence electrons. The Bertz CT molecular complexity index is 2860. The normalized spacial score (nSPS) is 12.5. The summed E-state index contributed by atoms with van der Waals surface area (Å²) in [6.07, 6.45) is 0. The average Bonchev–Trinajstić information content (AvgIpc) is 3.52. The van der Waals surface area contributed by atoms with E-state index in [1.807, 2.05) is 0 Å². The number of nitrogens with zero attached hydrogens (tertiary/aromatic N) is 2. The second-order valence-electron chi connectivity index (χ2n) is 15.4. The molecule has 0 bridgehead atoms. The van der Waals surface area contributed by atoms with Gasteiger partial charge in [-0.15, -0.1) is 0 Å². The van der Waals surface area contributed by atoms with E-state index in [1.165, 1.54) is 60.4 Å². The lowest BCUT2D eigenvalue weighted by Gasteiger charge is -2.22. The molecule has 10 rings (SSSR count). The van der Waals surface area contributed by atoms with Crippen LogP contribution in [0.4, 0.5) is 0 Å². The van der Waals surface area contributed by atoms with Gasteiger partial charge in [0, 0.05) is 11.1 Å². The maximum Gasteiger partial charge on any atom is 0.160 e. The molecular weight excluding hydrogens is 705 g/mol. The van der Waals surface area contributed by atoms with E-state index >= 15 is 0 Å². The minimum Gasteiger partial charge on any atom is -0.228 e. The van der Waals surface area contributed by atoms with Crippen LogP contribution >= 0.6 is 0 Å². The predicted molar refractivity (Wildman–Crippen MR) is 242 cm³/mol. The van der Waals surface area contributed by atoms with Crippen molar-refractivity contribution >= 4 is 18.4 Å². The summed E-state index contributed by atoms with van der Waals surface area (Å²) in [4.78, 5) is 10.9. The molecule has 0 spiro atoms. The first-order valence-corrected chi connectivity index (χ1v) is 22.6. The quantitative estimate of drug-likeness (QED) is 0.152. The largest absolute Gasteiger partial charge is 0.228 e. The third-order valence-corrected chi connectivity index (χ3v) is 14.9. The second-order valence-corrected chi connectivity index (χ2v) is 19.7. The Morgan fingerprint density at radius 3 is 1.23 bits per heavy atom. The van der Waals surface area contributed by atoms with Crippen molar-refractivity contribution in [2.75, 3.05) is 0 Å². The van der Waals surface area contributed by atoms with E-state index in [1.54, 1.807) is 0 Å². The van der Waals surface area contributed by atoms with E-state index in [0.29, 0.717) is 0 Å². The number of hydrogen-bond acceptors (Lipinski definition) is 2. The van der Waals surface area contributed by atoms with Crippen LogP contribution < -0.4 is 10.4 Å². The molecule has 9 aromatic rings. The zero-order valence-corrected chi connectivity index (χ0v) is 33.0. The van der Waals surface area contributed by atoms with Crippen molar-refractivity contribution in [1.82, 2.24) is 9.97 Å². The van der Waals surface area contributed by atoms with Crippen molar-refractivity contribution < 1.29 is 0 Å². The van der Waals surface area contributed by atoms with E-state index in [4.69, 9.17) is 9.97 Å².